The van der Waals surface area contributed by atoms with Gasteiger partial charge in [0, 0.05) is 19.7 Å². The smallest absolute Gasteiger partial charge is 0.0674 e. The molecule has 0 bridgehead atoms. The summed E-state index contributed by atoms with van der Waals surface area (Å²) >= 11 is 0. The Morgan fingerprint density at radius 2 is 2.33 bits per heavy atom. The molecule has 0 aromatic rings. The molecule has 1 saturated heterocycles. The molecule has 12 heavy (non-hydrogen) atoms. The first-order valence-electron chi connectivity index (χ1n) is 4.77. The van der Waals surface area contributed by atoms with Crippen LogP contribution in [-0.2, 0) is 4.74 Å². The van der Waals surface area contributed by atoms with E-state index in [0.717, 1.165) is 39.1 Å². The van der Waals surface area contributed by atoms with Gasteiger partial charge in [-0.15, -0.1) is 0 Å². The zero-order chi connectivity index (χ0) is 8.81. The molecular formula is C9H19NO2. The number of rotatable bonds is 4. The number of hydrogen-bond acceptors (Lipinski definition) is 3. The summed E-state index contributed by atoms with van der Waals surface area (Å²) in [4.78, 5) is 2.41. The summed E-state index contributed by atoms with van der Waals surface area (Å²) in [6.07, 6.45) is 2.41. The fourth-order valence-electron chi connectivity index (χ4n) is 1.54. The predicted octanol–water partition coefficient (Wildman–Crippen LogP) is 0.480. The Balaban J connectivity index is 2.06. The van der Waals surface area contributed by atoms with E-state index in [4.69, 9.17) is 9.84 Å². The third-order valence-corrected chi connectivity index (χ3v) is 2.21. The number of unbranched alkanes of at least 4 members (excludes halogenated alkanes) is 1. The van der Waals surface area contributed by atoms with E-state index in [1.54, 1.807) is 0 Å². The van der Waals surface area contributed by atoms with Gasteiger partial charge < -0.3 is 9.84 Å². The highest BCUT2D eigenvalue weighted by Crippen LogP contribution is 2.05. The van der Waals surface area contributed by atoms with Crippen LogP contribution in [0.1, 0.15) is 19.8 Å². The summed E-state index contributed by atoms with van der Waals surface area (Å²) in [5.41, 5.74) is 0. The summed E-state index contributed by atoms with van der Waals surface area (Å²) in [5, 5.41) is 8.60. The van der Waals surface area contributed by atoms with E-state index in [0.29, 0.717) is 12.7 Å². The number of morpholine rings is 1. The van der Waals surface area contributed by atoms with Gasteiger partial charge in [0.15, 0.2) is 0 Å². The maximum atomic E-state index is 8.60. The second-order valence-corrected chi connectivity index (χ2v) is 3.41. The van der Waals surface area contributed by atoms with Crippen LogP contribution in [0.25, 0.3) is 0 Å². The minimum atomic E-state index is 0.319. The molecule has 1 rings (SSSR count). The second kappa shape index (κ2) is 5.51. The van der Waals surface area contributed by atoms with Crippen LogP contribution in [0.2, 0.25) is 0 Å². The molecule has 1 atom stereocenters. The van der Waals surface area contributed by atoms with Crippen LogP contribution >= 0.6 is 0 Å². The molecule has 0 saturated carbocycles. The van der Waals surface area contributed by atoms with Crippen LogP contribution < -0.4 is 0 Å². The molecule has 1 unspecified atom stereocenters. The summed E-state index contributed by atoms with van der Waals surface area (Å²) in [6.45, 7) is 6.49. The number of hydrogen-bond donors (Lipinski definition) is 1. The zero-order valence-electron chi connectivity index (χ0n) is 7.83. The van der Waals surface area contributed by atoms with E-state index in [-0.39, 0.29) is 0 Å². The molecule has 1 aliphatic rings. The van der Waals surface area contributed by atoms with Gasteiger partial charge in [-0.05, 0) is 26.3 Å². The molecular weight excluding hydrogens is 154 g/mol. The van der Waals surface area contributed by atoms with Crippen LogP contribution in [0.3, 0.4) is 0 Å². The van der Waals surface area contributed by atoms with Crippen molar-refractivity contribution in [1.29, 1.82) is 0 Å². The van der Waals surface area contributed by atoms with Gasteiger partial charge in [0.05, 0.1) is 12.7 Å². The van der Waals surface area contributed by atoms with Crippen LogP contribution in [-0.4, -0.2) is 49.0 Å². The lowest BCUT2D eigenvalue weighted by atomic mass is 10.2. The lowest BCUT2D eigenvalue weighted by molar-refractivity contribution is -0.0188. The SMILES string of the molecule is CC1CN(CCCCO)CCO1. The van der Waals surface area contributed by atoms with E-state index in [2.05, 4.69) is 11.8 Å². The average Bonchev–Trinajstić information content (AvgIpc) is 2.05. The third-order valence-electron chi connectivity index (χ3n) is 2.21. The molecule has 0 radical (unpaired) electrons. The highest BCUT2D eigenvalue weighted by molar-refractivity contribution is 4.67. The molecule has 0 spiro atoms. The minimum Gasteiger partial charge on any atom is -0.396 e. The monoisotopic (exact) mass is 173 g/mol. The van der Waals surface area contributed by atoms with Gasteiger partial charge in [0.1, 0.15) is 0 Å². The maximum absolute atomic E-state index is 8.60. The fraction of sp³-hybridized carbons (Fsp3) is 1.00. The molecule has 72 valence electrons. The molecule has 1 aliphatic heterocycles. The van der Waals surface area contributed by atoms with Crippen molar-refractivity contribution in [2.75, 3.05) is 32.8 Å². The molecule has 1 fully saturated rings. The van der Waals surface area contributed by atoms with Crippen molar-refractivity contribution in [3.63, 3.8) is 0 Å². The first kappa shape index (κ1) is 9.96. The van der Waals surface area contributed by atoms with Crippen LogP contribution in [0.4, 0.5) is 0 Å². The summed E-state index contributed by atoms with van der Waals surface area (Å²) < 4.78 is 5.42. The summed E-state index contributed by atoms with van der Waals surface area (Å²) in [7, 11) is 0. The zero-order valence-corrected chi connectivity index (χ0v) is 7.83. The van der Waals surface area contributed by atoms with Crippen LogP contribution in [0, 0.1) is 0 Å². The largest absolute Gasteiger partial charge is 0.396 e. The Kier molecular flexibility index (Phi) is 4.58. The molecule has 0 amide bonds. The normalized spacial score (nSPS) is 26.0. The number of nitrogens with zero attached hydrogens (tertiary/aromatic N) is 1. The van der Waals surface area contributed by atoms with Gasteiger partial charge in [-0.1, -0.05) is 0 Å². The number of aliphatic hydroxyl groups is 1. The van der Waals surface area contributed by atoms with Gasteiger partial charge in [-0.3, -0.25) is 4.90 Å². The first-order chi connectivity index (χ1) is 5.83. The van der Waals surface area contributed by atoms with Gasteiger partial charge in [0.25, 0.3) is 0 Å². The topological polar surface area (TPSA) is 32.7 Å². The van der Waals surface area contributed by atoms with E-state index >= 15 is 0 Å². The van der Waals surface area contributed by atoms with Crippen LogP contribution in [0.15, 0.2) is 0 Å². The Hall–Kier alpha value is -0.120. The third kappa shape index (κ3) is 3.52. The van der Waals surface area contributed by atoms with Crippen molar-refractivity contribution in [2.45, 2.75) is 25.9 Å². The highest BCUT2D eigenvalue weighted by atomic mass is 16.5. The van der Waals surface area contributed by atoms with E-state index in [1.165, 1.54) is 0 Å². The van der Waals surface area contributed by atoms with E-state index in [9.17, 15) is 0 Å². The first-order valence-corrected chi connectivity index (χ1v) is 4.77. The predicted molar refractivity (Wildman–Crippen MR) is 48.2 cm³/mol. The van der Waals surface area contributed by atoms with Gasteiger partial charge in [-0.25, -0.2) is 0 Å². The Morgan fingerprint density at radius 1 is 1.50 bits per heavy atom. The highest BCUT2D eigenvalue weighted by Gasteiger charge is 2.15. The molecule has 3 nitrogen and oxygen atoms in total. The molecule has 1 N–H and O–H groups in total. The molecule has 0 aromatic heterocycles. The standard InChI is InChI=1S/C9H19NO2/c1-9-8-10(5-7-12-9)4-2-3-6-11/h9,11H,2-8H2,1H3. The molecule has 1 heterocycles. The van der Waals surface area contributed by atoms with Gasteiger partial charge in [0.2, 0.25) is 0 Å². The van der Waals surface area contributed by atoms with Crippen molar-refractivity contribution in [3.05, 3.63) is 0 Å². The Labute approximate surface area is 74.3 Å². The molecule has 0 aromatic carbocycles. The van der Waals surface area contributed by atoms with Crippen molar-refractivity contribution < 1.29 is 9.84 Å². The van der Waals surface area contributed by atoms with E-state index in [1.807, 2.05) is 0 Å². The number of aliphatic hydroxyl groups excluding tert-OH is 1. The average molecular weight is 173 g/mol. The maximum Gasteiger partial charge on any atom is 0.0674 e. The summed E-state index contributed by atoms with van der Waals surface area (Å²) in [6, 6.07) is 0. The molecule has 3 heteroatoms. The minimum absolute atomic E-state index is 0.319. The van der Waals surface area contributed by atoms with Crippen molar-refractivity contribution >= 4 is 0 Å². The lowest BCUT2D eigenvalue weighted by Gasteiger charge is -2.30. The van der Waals surface area contributed by atoms with Crippen molar-refractivity contribution in [3.8, 4) is 0 Å². The van der Waals surface area contributed by atoms with Crippen molar-refractivity contribution in [1.82, 2.24) is 4.90 Å². The molecule has 0 aliphatic carbocycles. The van der Waals surface area contributed by atoms with E-state index < -0.39 is 0 Å². The Bertz CT molecular complexity index is 119. The fourth-order valence-corrected chi connectivity index (χ4v) is 1.54. The van der Waals surface area contributed by atoms with Crippen molar-refractivity contribution in [2.24, 2.45) is 0 Å². The van der Waals surface area contributed by atoms with Gasteiger partial charge >= 0.3 is 0 Å². The second-order valence-electron chi connectivity index (χ2n) is 3.41. The quantitative estimate of drug-likeness (QED) is 0.628. The lowest BCUT2D eigenvalue weighted by Crippen LogP contribution is -2.41. The Morgan fingerprint density at radius 3 is 3.00 bits per heavy atom. The summed E-state index contributed by atoms with van der Waals surface area (Å²) in [5.74, 6) is 0. The number of ether oxygens (including phenoxy) is 1. The van der Waals surface area contributed by atoms with Crippen LogP contribution in [0.5, 0.6) is 0 Å². The van der Waals surface area contributed by atoms with Gasteiger partial charge in [-0.2, -0.15) is 0 Å².